The van der Waals surface area contributed by atoms with E-state index in [1.165, 1.54) is 24.3 Å². The molecule has 25 heteroatoms. The zero-order chi connectivity index (χ0) is 67.5. The van der Waals surface area contributed by atoms with Crippen LogP contribution in [0.15, 0.2) is 30.4 Å². The third-order valence-electron chi connectivity index (χ3n) is 13.1. The standard InChI is InChI=1S/C64H110N10O15/c1-37(2)24-50(60(80)65-32-42(11)12)85-70-55(75)20-19-21-56(76)71-86-51(25-38(3)4)63(83)68-35-45(17)22-23-46(18)36-69-64(84)54(28-41(9)10)89-74-59(79)49-30-47(57(77)72-87-52(26-39(5)6)61(81)66-33-43(13)14)29-48(31-49)58(78)73-88-53(27-40(7)8)62(82)67-34-44(15)16/h19-20,29-31,37-46,50-54H,21-28,32-36H2,1-18H3,(H,65,80)(H,66,81)(H,67,82)(H,68,83)(H,69,84)(H,70,75)(H,71,76)(H,72,77)(H,73,78)(H,74,79)/b20-19+/t45?,46?,50-,51-,52-,53-,54-/m1/s1. The number of nitrogens with one attached hydrogen (secondary N) is 10. The average molecular weight is 1260 g/mol. The van der Waals surface area contributed by atoms with Crippen LogP contribution in [0.5, 0.6) is 0 Å². The summed E-state index contributed by atoms with van der Waals surface area (Å²) in [6.07, 6.45) is -0.274. The van der Waals surface area contributed by atoms with Crippen molar-refractivity contribution in [2.24, 2.45) is 59.2 Å². The molecule has 0 aliphatic heterocycles. The Morgan fingerprint density at radius 3 is 0.843 bits per heavy atom. The first-order valence-corrected chi connectivity index (χ1v) is 31.6. The fourth-order valence-electron chi connectivity index (χ4n) is 8.18. The molecule has 0 aliphatic rings. The molecule has 0 saturated carbocycles. The Kier molecular flexibility index (Phi) is 39.1. The molecule has 1 rings (SSSR count). The van der Waals surface area contributed by atoms with Crippen LogP contribution in [0, 0.1) is 59.2 Å². The zero-order valence-electron chi connectivity index (χ0n) is 56.4. The normalized spacial score (nSPS) is 14.1. The predicted molar refractivity (Wildman–Crippen MR) is 338 cm³/mol. The van der Waals surface area contributed by atoms with Gasteiger partial charge in [0.25, 0.3) is 53.2 Å². The molecule has 0 aromatic heterocycles. The number of rotatable bonds is 44. The Labute approximate surface area is 528 Å². The molecule has 1 aromatic carbocycles. The number of benzene rings is 1. The predicted octanol–water partition coefficient (Wildman–Crippen LogP) is 6.39. The molecule has 0 radical (unpaired) electrons. The van der Waals surface area contributed by atoms with Crippen LogP contribution in [0.2, 0.25) is 0 Å². The SMILES string of the molecule is CC(C)CNC(=O)[C@@H](CC(C)C)ONC(=O)/C=C/CC(=O)NO[C@H](CC(C)C)C(=O)NCC(C)CCC(C)CNC(=O)[C@@H](CC(C)C)ONC(=O)c1cc(C(=O)NO[C@H](CC(C)C)C(=O)NCC(C)C)cc(C(=O)NO[C@H](CC(C)C)C(=O)NCC(C)C)c1. The number of amides is 10. The zero-order valence-corrected chi connectivity index (χ0v) is 56.4. The first kappa shape index (κ1) is 80.5. The van der Waals surface area contributed by atoms with Crippen LogP contribution in [0.4, 0.5) is 0 Å². The van der Waals surface area contributed by atoms with Crippen molar-refractivity contribution in [3.8, 4) is 0 Å². The lowest BCUT2D eigenvalue weighted by molar-refractivity contribution is -0.149. The van der Waals surface area contributed by atoms with E-state index in [0.29, 0.717) is 51.9 Å². The summed E-state index contributed by atoms with van der Waals surface area (Å²) in [4.78, 5) is 160. The van der Waals surface area contributed by atoms with E-state index in [0.717, 1.165) is 6.08 Å². The summed E-state index contributed by atoms with van der Waals surface area (Å²) in [7, 11) is 0. The number of hydrogen-bond donors (Lipinski definition) is 10. The van der Waals surface area contributed by atoms with Gasteiger partial charge in [-0.15, -0.1) is 0 Å². The highest BCUT2D eigenvalue weighted by atomic mass is 16.7. The smallest absolute Gasteiger partial charge is 0.274 e. The summed E-state index contributed by atoms with van der Waals surface area (Å²) in [6, 6.07) is 3.56. The molecule has 10 N–H and O–H groups in total. The van der Waals surface area contributed by atoms with Gasteiger partial charge >= 0.3 is 0 Å². The largest absolute Gasteiger partial charge is 0.354 e. The van der Waals surface area contributed by atoms with Crippen molar-refractivity contribution in [1.82, 2.24) is 54.0 Å². The molecular formula is C64H110N10O15. The van der Waals surface area contributed by atoms with Crippen molar-refractivity contribution in [2.75, 3.05) is 32.7 Å². The minimum Gasteiger partial charge on any atom is -0.354 e. The highest BCUT2D eigenvalue weighted by molar-refractivity contribution is 6.04. The van der Waals surface area contributed by atoms with Crippen molar-refractivity contribution in [1.29, 1.82) is 0 Å². The molecule has 0 spiro atoms. The molecule has 0 heterocycles. The fourth-order valence-corrected chi connectivity index (χ4v) is 8.18. The topological polar surface area (TPSA) is 337 Å². The van der Waals surface area contributed by atoms with Gasteiger partial charge in [-0.1, -0.05) is 131 Å². The van der Waals surface area contributed by atoms with Crippen molar-refractivity contribution in [2.45, 2.75) is 207 Å². The molecule has 89 heavy (non-hydrogen) atoms. The highest BCUT2D eigenvalue weighted by Gasteiger charge is 2.29. The van der Waals surface area contributed by atoms with Gasteiger partial charge in [0, 0.05) is 61.9 Å². The second kappa shape index (κ2) is 43.2. The molecule has 0 bridgehead atoms. The monoisotopic (exact) mass is 1260 g/mol. The van der Waals surface area contributed by atoms with E-state index in [-0.39, 0.29) is 114 Å². The van der Waals surface area contributed by atoms with Crippen LogP contribution in [0.1, 0.15) is 207 Å². The highest BCUT2D eigenvalue weighted by Crippen LogP contribution is 2.18. The third-order valence-corrected chi connectivity index (χ3v) is 13.1. The number of hydrogen-bond acceptors (Lipinski definition) is 15. The van der Waals surface area contributed by atoms with Gasteiger partial charge in [0.05, 0.1) is 0 Å². The Morgan fingerprint density at radius 2 is 0.584 bits per heavy atom. The van der Waals surface area contributed by atoms with Gasteiger partial charge in [-0.2, -0.15) is 0 Å². The second-order valence-corrected chi connectivity index (χ2v) is 26.6. The molecule has 1 aromatic rings. The number of carbonyl (C=O) groups excluding carboxylic acids is 10. The molecule has 25 nitrogen and oxygen atoms in total. The quantitative estimate of drug-likeness (QED) is 0.0250. The minimum atomic E-state index is -1.16. The molecule has 7 atom stereocenters. The summed E-state index contributed by atoms with van der Waals surface area (Å²) >= 11 is 0. The maximum absolute atomic E-state index is 13.9. The lowest BCUT2D eigenvalue weighted by atomic mass is 9.97. The maximum atomic E-state index is 13.9. The van der Waals surface area contributed by atoms with Crippen molar-refractivity contribution in [3.63, 3.8) is 0 Å². The van der Waals surface area contributed by atoms with E-state index in [1.54, 1.807) is 0 Å². The van der Waals surface area contributed by atoms with Crippen LogP contribution in [0.3, 0.4) is 0 Å². The Hall–Kier alpha value is -6.54. The van der Waals surface area contributed by atoms with Gasteiger partial charge in [-0.3, -0.25) is 72.1 Å². The first-order chi connectivity index (χ1) is 41.7. The van der Waals surface area contributed by atoms with Gasteiger partial charge in [-0.25, -0.2) is 27.4 Å². The summed E-state index contributed by atoms with van der Waals surface area (Å²) < 4.78 is 0. The summed E-state index contributed by atoms with van der Waals surface area (Å²) in [5.74, 6) is -5.45. The molecule has 2 unspecified atom stereocenters. The van der Waals surface area contributed by atoms with E-state index < -0.39 is 83.7 Å². The third kappa shape index (κ3) is 36.7. The van der Waals surface area contributed by atoms with Crippen molar-refractivity contribution < 1.29 is 72.1 Å². The van der Waals surface area contributed by atoms with E-state index in [1.807, 2.05) is 125 Å². The van der Waals surface area contributed by atoms with E-state index in [4.69, 9.17) is 24.2 Å². The van der Waals surface area contributed by atoms with E-state index in [9.17, 15) is 47.9 Å². The van der Waals surface area contributed by atoms with Crippen LogP contribution in [-0.2, 0) is 57.7 Å². The summed E-state index contributed by atoms with van der Waals surface area (Å²) in [5, 5.41) is 14.3. The fraction of sp³-hybridized carbons (Fsp3) is 0.719. The Morgan fingerprint density at radius 1 is 0.337 bits per heavy atom. The second-order valence-electron chi connectivity index (χ2n) is 26.6. The lowest BCUT2D eigenvalue weighted by Gasteiger charge is -2.22. The van der Waals surface area contributed by atoms with Gasteiger partial charge in [0.15, 0.2) is 30.5 Å². The Balaban J connectivity index is 3.06. The molecule has 0 saturated heterocycles. The first-order valence-electron chi connectivity index (χ1n) is 31.6. The summed E-state index contributed by atoms with van der Waals surface area (Å²) in [6.45, 7) is 36.4. The van der Waals surface area contributed by atoms with Crippen LogP contribution in [-0.4, -0.2) is 122 Å². The van der Waals surface area contributed by atoms with Crippen molar-refractivity contribution in [3.05, 3.63) is 47.0 Å². The average Bonchev–Trinajstić information content (AvgIpc) is 3.52. The number of hydroxylamine groups is 5. The lowest BCUT2D eigenvalue weighted by Crippen LogP contribution is -2.43. The van der Waals surface area contributed by atoms with Gasteiger partial charge in [0.2, 0.25) is 5.91 Å². The molecule has 0 aliphatic carbocycles. The molecule has 0 fully saturated rings. The van der Waals surface area contributed by atoms with Crippen molar-refractivity contribution >= 4 is 59.1 Å². The summed E-state index contributed by atoms with van der Waals surface area (Å²) in [5.41, 5.74) is 10.8. The maximum Gasteiger partial charge on any atom is 0.274 e. The van der Waals surface area contributed by atoms with E-state index >= 15 is 0 Å². The van der Waals surface area contributed by atoms with Crippen LogP contribution >= 0.6 is 0 Å². The van der Waals surface area contributed by atoms with Crippen LogP contribution < -0.4 is 54.0 Å². The number of carbonyl (C=O) groups is 10. The molecular weight excluding hydrogens is 1150 g/mol. The minimum absolute atomic E-state index is 0.00661. The van der Waals surface area contributed by atoms with Gasteiger partial charge in [-0.05, 0) is 122 Å². The molecule has 10 amide bonds. The molecule has 506 valence electrons. The van der Waals surface area contributed by atoms with Gasteiger partial charge < -0.3 is 26.6 Å². The van der Waals surface area contributed by atoms with Crippen LogP contribution in [0.25, 0.3) is 0 Å². The van der Waals surface area contributed by atoms with E-state index in [2.05, 4.69) is 54.0 Å². The van der Waals surface area contributed by atoms with Gasteiger partial charge in [0.1, 0.15) is 0 Å². The Bertz CT molecular complexity index is 2340.